The Bertz CT molecular complexity index is 178. The second kappa shape index (κ2) is 13.7. The average molecular weight is 377 g/mol. The molecule has 0 saturated heterocycles. The SMILES string of the molecule is CCCCC(O)(CCCC)CC[CH2][Sn][CH2]CCCO. The average Bonchev–Trinajstić information content (AvgIpc) is 2.42. The Hall–Kier alpha value is 0.719. The molecule has 0 atom stereocenters. The van der Waals surface area contributed by atoms with E-state index >= 15 is 0 Å². The van der Waals surface area contributed by atoms with Crippen molar-refractivity contribution in [2.45, 2.75) is 92.5 Å². The summed E-state index contributed by atoms with van der Waals surface area (Å²) in [5.41, 5.74) is -0.365. The van der Waals surface area contributed by atoms with Gasteiger partial charge in [0.1, 0.15) is 0 Å². The predicted octanol–water partition coefficient (Wildman–Crippen LogP) is 4.19. The van der Waals surface area contributed by atoms with E-state index < -0.39 is 0 Å². The topological polar surface area (TPSA) is 40.5 Å². The van der Waals surface area contributed by atoms with Crippen LogP contribution in [0.15, 0.2) is 0 Å². The molecular formula is C16H34O2Sn. The first-order valence-corrected chi connectivity index (χ1v) is 12.3. The van der Waals surface area contributed by atoms with Crippen LogP contribution in [-0.4, -0.2) is 43.6 Å². The summed E-state index contributed by atoms with van der Waals surface area (Å²) < 4.78 is 2.79. The molecule has 19 heavy (non-hydrogen) atoms. The van der Waals surface area contributed by atoms with Crippen LogP contribution >= 0.6 is 0 Å². The van der Waals surface area contributed by atoms with Crippen molar-refractivity contribution < 1.29 is 10.2 Å². The van der Waals surface area contributed by atoms with Crippen molar-refractivity contribution >= 4 is 21.1 Å². The molecule has 0 aromatic heterocycles. The molecule has 0 amide bonds. The van der Waals surface area contributed by atoms with E-state index in [1.807, 2.05) is 0 Å². The minimum absolute atomic E-state index is 0.204. The molecule has 114 valence electrons. The van der Waals surface area contributed by atoms with Crippen LogP contribution in [-0.2, 0) is 0 Å². The normalized spacial score (nSPS) is 12.0. The molecule has 0 fully saturated rings. The Kier molecular flexibility index (Phi) is 14.2. The fourth-order valence-electron chi connectivity index (χ4n) is 2.42. The maximum absolute atomic E-state index is 10.7. The molecule has 0 aliphatic carbocycles. The van der Waals surface area contributed by atoms with E-state index in [0.29, 0.717) is 6.61 Å². The van der Waals surface area contributed by atoms with Gasteiger partial charge in [-0.2, -0.15) is 0 Å². The van der Waals surface area contributed by atoms with E-state index in [-0.39, 0.29) is 26.7 Å². The Morgan fingerprint density at radius 2 is 1.32 bits per heavy atom. The third-order valence-electron chi connectivity index (χ3n) is 3.75. The Labute approximate surface area is 130 Å². The molecule has 0 aliphatic rings. The molecule has 0 spiro atoms. The molecule has 3 heteroatoms. The Morgan fingerprint density at radius 3 is 1.84 bits per heavy atom. The molecular weight excluding hydrogens is 343 g/mol. The first-order chi connectivity index (χ1) is 9.18. The monoisotopic (exact) mass is 378 g/mol. The summed E-state index contributed by atoms with van der Waals surface area (Å²) >= 11 is -0.204. The fraction of sp³-hybridized carbons (Fsp3) is 1.00. The van der Waals surface area contributed by atoms with E-state index in [1.54, 1.807) is 0 Å². The molecule has 0 aromatic carbocycles. The van der Waals surface area contributed by atoms with Crippen LogP contribution in [0.2, 0.25) is 8.87 Å². The zero-order chi connectivity index (χ0) is 14.4. The van der Waals surface area contributed by atoms with Gasteiger partial charge in [-0.25, -0.2) is 0 Å². The molecule has 0 heterocycles. The predicted molar refractivity (Wildman–Crippen MR) is 84.9 cm³/mol. The van der Waals surface area contributed by atoms with Gasteiger partial charge >= 0.3 is 130 Å². The van der Waals surface area contributed by atoms with Gasteiger partial charge in [0.2, 0.25) is 0 Å². The summed E-state index contributed by atoms with van der Waals surface area (Å²) in [6.07, 6.45) is 11.2. The number of aliphatic hydroxyl groups excluding tert-OH is 1. The molecule has 0 aliphatic heterocycles. The summed E-state index contributed by atoms with van der Waals surface area (Å²) in [6.45, 7) is 4.76. The van der Waals surface area contributed by atoms with E-state index in [1.165, 1.54) is 34.6 Å². The number of rotatable bonds is 14. The summed E-state index contributed by atoms with van der Waals surface area (Å²) in [4.78, 5) is 0. The van der Waals surface area contributed by atoms with E-state index in [2.05, 4.69) is 13.8 Å². The van der Waals surface area contributed by atoms with Crippen molar-refractivity contribution in [3.05, 3.63) is 0 Å². The van der Waals surface area contributed by atoms with Crippen LogP contribution in [0.1, 0.15) is 78.1 Å². The first kappa shape index (κ1) is 19.7. The minimum atomic E-state index is -0.365. The standard InChI is InChI=1S/C12H25O.C4H9O.Sn/c1-4-7-10-12(13,9-6-3)11-8-5-2;1-2-3-4-5;/h13H,3-11H2,1-2H3;5H,1-4H2;. The van der Waals surface area contributed by atoms with Crippen LogP contribution in [0.25, 0.3) is 0 Å². The first-order valence-electron chi connectivity index (χ1n) is 8.22. The van der Waals surface area contributed by atoms with Gasteiger partial charge in [0.05, 0.1) is 0 Å². The number of hydrogen-bond acceptors (Lipinski definition) is 2. The zero-order valence-electron chi connectivity index (χ0n) is 13.1. The van der Waals surface area contributed by atoms with E-state index in [4.69, 9.17) is 5.11 Å². The van der Waals surface area contributed by atoms with Crippen molar-refractivity contribution in [3.63, 3.8) is 0 Å². The number of unbranched alkanes of at least 4 members (excludes halogenated alkanes) is 3. The zero-order valence-corrected chi connectivity index (χ0v) is 15.9. The van der Waals surface area contributed by atoms with Crippen molar-refractivity contribution in [1.82, 2.24) is 0 Å². The third-order valence-corrected chi connectivity index (χ3v) is 7.79. The van der Waals surface area contributed by atoms with Crippen LogP contribution < -0.4 is 0 Å². The molecule has 0 unspecified atom stereocenters. The van der Waals surface area contributed by atoms with Crippen molar-refractivity contribution in [2.75, 3.05) is 6.61 Å². The third kappa shape index (κ3) is 12.2. The second-order valence-corrected chi connectivity index (χ2v) is 10.00. The van der Waals surface area contributed by atoms with Crippen LogP contribution in [0.4, 0.5) is 0 Å². The fourth-order valence-corrected chi connectivity index (χ4v) is 5.77. The molecule has 2 N–H and O–H groups in total. The molecule has 2 nitrogen and oxygen atoms in total. The molecule has 0 saturated carbocycles. The summed E-state index contributed by atoms with van der Waals surface area (Å²) in [5, 5.41) is 19.4. The van der Waals surface area contributed by atoms with E-state index in [9.17, 15) is 5.11 Å². The number of aliphatic hydroxyl groups is 2. The van der Waals surface area contributed by atoms with Crippen molar-refractivity contribution in [2.24, 2.45) is 0 Å². The Morgan fingerprint density at radius 1 is 0.789 bits per heavy atom. The van der Waals surface area contributed by atoms with Crippen molar-refractivity contribution in [3.8, 4) is 0 Å². The summed E-state index contributed by atoms with van der Waals surface area (Å²) in [6, 6.07) is 0. The summed E-state index contributed by atoms with van der Waals surface area (Å²) in [7, 11) is 0. The maximum atomic E-state index is 10.7. The van der Waals surface area contributed by atoms with Gasteiger partial charge in [-0.15, -0.1) is 0 Å². The van der Waals surface area contributed by atoms with Gasteiger partial charge < -0.3 is 0 Å². The molecule has 0 aromatic rings. The van der Waals surface area contributed by atoms with Gasteiger partial charge in [0, 0.05) is 0 Å². The number of hydrogen-bond donors (Lipinski definition) is 2. The Balaban J connectivity index is 3.72. The molecule has 0 rings (SSSR count). The van der Waals surface area contributed by atoms with E-state index in [0.717, 1.165) is 38.5 Å². The van der Waals surface area contributed by atoms with Gasteiger partial charge in [-0.05, 0) is 0 Å². The van der Waals surface area contributed by atoms with Crippen LogP contribution in [0.3, 0.4) is 0 Å². The van der Waals surface area contributed by atoms with Gasteiger partial charge in [-0.3, -0.25) is 0 Å². The second-order valence-electron chi connectivity index (χ2n) is 5.72. The van der Waals surface area contributed by atoms with Crippen molar-refractivity contribution in [1.29, 1.82) is 0 Å². The summed E-state index contributed by atoms with van der Waals surface area (Å²) in [5.74, 6) is 0. The van der Waals surface area contributed by atoms with Crippen LogP contribution in [0, 0.1) is 0 Å². The van der Waals surface area contributed by atoms with Crippen LogP contribution in [0.5, 0.6) is 0 Å². The quantitative estimate of drug-likeness (QED) is 0.352. The van der Waals surface area contributed by atoms with Gasteiger partial charge in [0.15, 0.2) is 0 Å². The molecule has 2 radical (unpaired) electrons. The molecule has 0 bridgehead atoms. The van der Waals surface area contributed by atoms with Gasteiger partial charge in [-0.1, -0.05) is 0 Å². The van der Waals surface area contributed by atoms with Gasteiger partial charge in [0.25, 0.3) is 0 Å².